The Balaban J connectivity index is 1.65. The number of amides is 1. The third-order valence-corrected chi connectivity index (χ3v) is 5.99. The SMILES string of the molecule is COC(=O)c1cccc(Cc2cnc(NC(=O)C3CCCCC3(C)N)s2)c1. The van der Waals surface area contributed by atoms with Gasteiger partial charge in [-0.05, 0) is 37.5 Å². The lowest BCUT2D eigenvalue weighted by molar-refractivity contribution is -0.122. The van der Waals surface area contributed by atoms with Crippen LogP contribution in [0.25, 0.3) is 0 Å². The first-order valence-electron chi connectivity index (χ1n) is 9.11. The number of hydrogen-bond acceptors (Lipinski definition) is 6. The average molecular weight is 388 g/mol. The fourth-order valence-corrected chi connectivity index (χ4v) is 4.41. The molecule has 27 heavy (non-hydrogen) atoms. The van der Waals surface area contributed by atoms with Crippen LogP contribution in [0.2, 0.25) is 0 Å². The molecule has 0 saturated heterocycles. The highest BCUT2D eigenvalue weighted by Gasteiger charge is 2.38. The number of methoxy groups -OCH3 is 1. The van der Waals surface area contributed by atoms with E-state index in [0.717, 1.165) is 36.1 Å². The normalized spacial score (nSPS) is 22.3. The first-order valence-corrected chi connectivity index (χ1v) is 9.92. The second-order valence-corrected chi connectivity index (χ2v) is 8.41. The van der Waals surface area contributed by atoms with E-state index in [1.807, 2.05) is 25.1 Å². The van der Waals surface area contributed by atoms with Crippen LogP contribution >= 0.6 is 11.3 Å². The minimum Gasteiger partial charge on any atom is -0.465 e. The molecular formula is C20H25N3O3S. The Bertz CT molecular complexity index is 831. The first-order chi connectivity index (χ1) is 12.9. The van der Waals surface area contributed by atoms with E-state index < -0.39 is 5.54 Å². The van der Waals surface area contributed by atoms with Gasteiger partial charge in [0.15, 0.2) is 5.13 Å². The Labute approximate surface area is 163 Å². The number of hydrogen-bond donors (Lipinski definition) is 2. The van der Waals surface area contributed by atoms with Crippen LogP contribution < -0.4 is 11.1 Å². The van der Waals surface area contributed by atoms with E-state index in [2.05, 4.69) is 10.3 Å². The van der Waals surface area contributed by atoms with Crippen LogP contribution in [0.5, 0.6) is 0 Å². The molecule has 0 aliphatic heterocycles. The van der Waals surface area contributed by atoms with Crippen molar-refractivity contribution in [3.05, 3.63) is 46.5 Å². The molecule has 6 nitrogen and oxygen atoms in total. The number of anilines is 1. The lowest BCUT2D eigenvalue weighted by atomic mass is 9.74. The highest BCUT2D eigenvalue weighted by molar-refractivity contribution is 7.15. The molecule has 2 unspecified atom stereocenters. The predicted octanol–water partition coefficient (Wildman–Crippen LogP) is 3.37. The number of benzene rings is 1. The van der Waals surface area contributed by atoms with Gasteiger partial charge < -0.3 is 15.8 Å². The van der Waals surface area contributed by atoms with Crippen molar-refractivity contribution in [3.63, 3.8) is 0 Å². The van der Waals surface area contributed by atoms with Crippen molar-refractivity contribution < 1.29 is 14.3 Å². The fourth-order valence-electron chi connectivity index (χ4n) is 3.56. The van der Waals surface area contributed by atoms with Crippen molar-refractivity contribution in [3.8, 4) is 0 Å². The largest absolute Gasteiger partial charge is 0.465 e. The minimum atomic E-state index is -0.462. The zero-order valence-electron chi connectivity index (χ0n) is 15.7. The van der Waals surface area contributed by atoms with Crippen LogP contribution in [0.1, 0.15) is 53.4 Å². The smallest absolute Gasteiger partial charge is 0.337 e. The molecule has 1 aromatic carbocycles. The molecule has 1 fully saturated rings. The molecule has 1 aromatic heterocycles. The van der Waals surface area contributed by atoms with Crippen LogP contribution in [0.3, 0.4) is 0 Å². The highest BCUT2D eigenvalue weighted by Crippen LogP contribution is 2.33. The molecule has 1 aliphatic rings. The van der Waals surface area contributed by atoms with E-state index in [4.69, 9.17) is 10.5 Å². The average Bonchev–Trinajstić information content (AvgIpc) is 3.07. The van der Waals surface area contributed by atoms with Crippen LogP contribution in [0.4, 0.5) is 5.13 Å². The summed E-state index contributed by atoms with van der Waals surface area (Å²) in [5.74, 6) is -0.588. The van der Waals surface area contributed by atoms with Crippen LogP contribution in [0.15, 0.2) is 30.5 Å². The highest BCUT2D eigenvalue weighted by atomic mass is 32.1. The Morgan fingerprint density at radius 3 is 2.96 bits per heavy atom. The molecule has 3 N–H and O–H groups in total. The number of nitrogens with one attached hydrogen (secondary N) is 1. The first kappa shape index (κ1) is 19.5. The topological polar surface area (TPSA) is 94.3 Å². The summed E-state index contributed by atoms with van der Waals surface area (Å²) in [6.07, 6.45) is 6.18. The van der Waals surface area contributed by atoms with Gasteiger partial charge in [0, 0.05) is 23.0 Å². The summed E-state index contributed by atoms with van der Waals surface area (Å²) in [6, 6.07) is 7.32. The Morgan fingerprint density at radius 2 is 2.22 bits per heavy atom. The van der Waals surface area contributed by atoms with Gasteiger partial charge in [0.05, 0.1) is 18.6 Å². The molecule has 1 aliphatic carbocycles. The molecule has 3 rings (SSSR count). The lowest BCUT2D eigenvalue weighted by Crippen LogP contribution is -2.51. The van der Waals surface area contributed by atoms with Crippen molar-refractivity contribution in [2.45, 2.75) is 44.6 Å². The molecule has 144 valence electrons. The molecule has 0 radical (unpaired) electrons. The number of ether oxygens (including phenoxy) is 1. The number of aromatic nitrogens is 1. The summed E-state index contributed by atoms with van der Waals surface area (Å²) in [7, 11) is 1.37. The van der Waals surface area contributed by atoms with Crippen molar-refractivity contribution >= 4 is 28.3 Å². The van der Waals surface area contributed by atoms with Crippen LogP contribution in [-0.2, 0) is 16.0 Å². The quantitative estimate of drug-likeness (QED) is 0.767. The fraction of sp³-hybridized carbons (Fsp3) is 0.450. The number of rotatable bonds is 5. The van der Waals surface area contributed by atoms with E-state index in [-0.39, 0.29) is 17.8 Å². The predicted molar refractivity (Wildman–Crippen MR) is 106 cm³/mol. The number of esters is 1. The van der Waals surface area contributed by atoms with Gasteiger partial charge in [-0.3, -0.25) is 4.79 Å². The number of nitrogens with two attached hydrogens (primary N) is 1. The zero-order chi connectivity index (χ0) is 19.4. The Morgan fingerprint density at radius 1 is 1.41 bits per heavy atom. The summed E-state index contributed by atoms with van der Waals surface area (Å²) < 4.78 is 4.76. The standard InChI is InChI=1S/C20H25N3O3S/c1-20(21)9-4-3-8-16(20)17(24)23-19-22-12-15(27-19)11-13-6-5-7-14(10-13)18(25)26-2/h5-7,10,12,16H,3-4,8-9,11,21H2,1-2H3,(H,22,23,24). The van der Waals surface area contributed by atoms with Gasteiger partial charge >= 0.3 is 5.97 Å². The lowest BCUT2D eigenvalue weighted by Gasteiger charge is -2.36. The summed E-state index contributed by atoms with van der Waals surface area (Å²) in [5, 5.41) is 3.51. The van der Waals surface area contributed by atoms with E-state index in [9.17, 15) is 9.59 Å². The Hall–Kier alpha value is -2.25. The minimum absolute atomic E-state index is 0.0479. The molecule has 7 heteroatoms. The van der Waals surface area contributed by atoms with Crippen molar-refractivity contribution in [2.75, 3.05) is 12.4 Å². The van der Waals surface area contributed by atoms with Crippen LogP contribution in [-0.4, -0.2) is 29.5 Å². The summed E-state index contributed by atoms with van der Waals surface area (Å²) >= 11 is 1.44. The molecule has 0 spiro atoms. The van der Waals surface area contributed by atoms with E-state index in [1.54, 1.807) is 12.3 Å². The maximum Gasteiger partial charge on any atom is 0.337 e. The molecule has 2 aromatic rings. The Kier molecular flexibility index (Phi) is 5.92. The molecule has 2 atom stereocenters. The van der Waals surface area contributed by atoms with E-state index >= 15 is 0 Å². The maximum atomic E-state index is 12.6. The third-order valence-electron chi connectivity index (χ3n) is 5.08. The second-order valence-electron chi connectivity index (χ2n) is 7.29. The maximum absolute atomic E-state index is 12.6. The zero-order valence-corrected chi connectivity index (χ0v) is 16.5. The second kappa shape index (κ2) is 8.19. The number of thiazole rings is 1. The summed E-state index contributed by atoms with van der Waals surface area (Å²) in [5.41, 5.74) is 7.37. The van der Waals surface area contributed by atoms with Gasteiger partial charge in [0.2, 0.25) is 5.91 Å². The molecular weight excluding hydrogens is 362 g/mol. The monoisotopic (exact) mass is 387 g/mol. The van der Waals surface area contributed by atoms with Gasteiger partial charge in [-0.15, -0.1) is 11.3 Å². The molecule has 0 bridgehead atoms. The van der Waals surface area contributed by atoms with Gasteiger partial charge in [-0.2, -0.15) is 0 Å². The van der Waals surface area contributed by atoms with Gasteiger partial charge in [0.1, 0.15) is 0 Å². The van der Waals surface area contributed by atoms with Gasteiger partial charge in [0.25, 0.3) is 0 Å². The van der Waals surface area contributed by atoms with E-state index in [0.29, 0.717) is 17.1 Å². The van der Waals surface area contributed by atoms with Gasteiger partial charge in [-0.25, -0.2) is 9.78 Å². The number of carbonyl (C=O) groups is 2. The van der Waals surface area contributed by atoms with Gasteiger partial charge in [-0.1, -0.05) is 25.0 Å². The molecule has 1 heterocycles. The molecule has 1 amide bonds. The summed E-state index contributed by atoms with van der Waals surface area (Å²) in [4.78, 5) is 29.6. The third kappa shape index (κ3) is 4.73. The number of carbonyl (C=O) groups excluding carboxylic acids is 2. The summed E-state index contributed by atoms with van der Waals surface area (Å²) in [6.45, 7) is 1.96. The van der Waals surface area contributed by atoms with Crippen LogP contribution in [0, 0.1) is 5.92 Å². The van der Waals surface area contributed by atoms with Crippen molar-refractivity contribution in [1.82, 2.24) is 4.98 Å². The van der Waals surface area contributed by atoms with Crippen molar-refractivity contribution in [2.24, 2.45) is 11.7 Å². The van der Waals surface area contributed by atoms with E-state index in [1.165, 1.54) is 18.4 Å². The number of nitrogens with zero attached hydrogens (tertiary/aromatic N) is 1. The van der Waals surface area contributed by atoms with Crippen molar-refractivity contribution in [1.29, 1.82) is 0 Å². The molecule has 1 saturated carbocycles.